The van der Waals surface area contributed by atoms with Crippen LogP contribution in [-0.2, 0) is 18.7 Å². The largest absolute Gasteiger partial charge is 0.444 e. The van der Waals surface area contributed by atoms with E-state index in [1.807, 2.05) is 6.07 Å². The van der Waals surface area contributed by atoms with E-state index < -0.39 is 56.4 Å². The molecule has 3 amide bonds. The molecule has 0 radical (unpaired) electrons. The highest BCUT2D eigenvalue weighted by atomic mass is 28.4. The summed E-state index contributed by atoms with van der Waals surface area (Å²) in [5.74, 6) is -0.687. The number of amides is 3. The van der Waals surface area contributed by atoms with Crippen LogP contribution < -0.4 is 16.0 Å². The first-order valence-electron chi connectivity index (χ1n) is 15.2. The Kier molecular flexibility index (Phi) is 10.2. The second-order valence-corrected chi connectivity index (χ2v) is 18.6. The van der Waals surface area contributed by atoms with Crippen LogP contribution in [0.1, 0.15) is 65.1 Å². The number of hydrogen-bond donors (Lipinski definition) is 4. The predicted octanol–water partition coefficient (Wildman–Crippen LogP) is 3.76. The van der Waals surface area contributed by atoms with E-state index in [-0.39, 0.29) is 23.4 Å². The summed E-state index contributed by atoms with van der Waals surface area (Å²) in [7, 11) is -2.46. The van der Waals surface area contributed by atoms with E-state index in [0.29, 0.717) is 16.7 Å². The van der Waals surface area contributed by atoms with Gasteiger partial charge in [0.05, 0.1) is 19.0 Å². The number of nitrogens with zero attached hydrogens (tertiary/aromatic N) is 4. The first kappa shape index (κ1) is 34.9. The van der Waals surface area contributed by atoms with E-state index in [2.05, 4.69) is 64.8 Å². The molecule has 0 spiro atoms. The van der Waals surface area contributed by atoms with Crippen LogP contribution in [0.15, 0.2) is 43.0 Å². The fourth-order valence-electron chi connectivity index (χ4n) is 4.68. The topological polar surface area (TPSA) is 179 Å². The molecule has 3 heterocycles. The predicted molar refractivity (Wildman–Crippen MR) is 174 cm³/mol. The third-order valence-corrected chi connectivity index (χ3v) is 12.6. The Morgan fingerprint density at radius 1 is 1.07 bits per heavy atom. The molecule has 0 bridgehead atoms. The number of carbonyl (C=O) groups excluding carboxylic acids is 3. The number of rotatable bonds is 9. The van der Waals surface area contributed by atoms with Gasteiger partial charge in [-0.05, 0) is 58.0 Å². The van der Waals surface area contributed by atoms with Crippen molar-refractivity contribution < 1.29 is 33.4 Å². The molecule has 1 fully saturated rings. The van der Waals surface area contributed by atoms with Crippen molar-refractivity contribution in [2.24, 2.45) is 0 Å². The summed E-state index contributed by atoms with van der Waals surface area (Å²) in [4.78, 5) is 52.0. The summed E-state index contributed by atoms with van der Waals surface area (Å²) >= 11 is 0. The third-order valence-electron chi connectivity index (χ3n) is 8.09. The molecule has 15 heteroatoms. The molecule has 5 atom stereocenters. The highest BCUT2D eigenvalue weighted by molar-refractivity contribution is 6.74. The Morgan fingerprint density at radius 2 is 1.74 bits per heavy atom. The number of aromatic nitrogens is 4. The number of alkyl carbamates (subject to hydrolysis) is 1. The van der Waals surface area contributed by atoms with Gasteiger partial charge in [-0.2, -0.15) is 0 Å². The van der Waals surface area contributed by atoms with Gasteiger partial charge in [-0.3, -0.25) is 14.2 Å². The third kappa shape index (κ3) is 7.89. The van der Waals surface area contributed by atoms with Gasteiger partial charge in [-0.15, -0.1) is 0 Å². The van der Waals surface area contributed by atoms with E-state index in [1.54, 1.807) is 56.5 Å². The highest BCUT2D eigenvalue weighted by Gasteiger charge is 2.51. The Hall–Kier alpha value is -3.92. The molecule has 0 aliphatic carbocycles. The first-order valence-corrected chi connectivity index (χ1v) is 18.1. The molecule has 4 rings (SSSR count). The standard InChI is InChI=1S/C31H45N7O7Si/c1-18(35-29(42)44-30(2,3)4)26(40)36-21-23(45-46(8,9)31(5,6)7)20(15-39)43-28(21)38-17-34-22-24(32-16-33-25(22)38)37-27(41)19-13-11-10-12-14-19/h10-14,16-18,20-21,23,28,39H,15H2,1-9H3,(H,35,42)(H,36,40)(H,32,33,37,41)/t18-,20+,21+,23+,28+/m0/s1. The highest BCUT2D eigenvalue weighted by Crippen LogP contribution is 2.42. The van der Waals surface area contributed by atoms with Crippen LogP contribution in [0.5, 0.6) is 0 Å². The summed E-state index contributed by atoms with van der Waals surface area (Å²) < 4.78 is 20.1. The average Bonchev–Trinajstić information content (AvgIpc) is 3.53. The lowest BCUT2D eigenvalue weighted by Gasteiger charge is -2.40. The molecule has 46 heavy (non-hydrogen) atoms. The molecule has 1 saturated heterocycles. The van der Waals surface area contributed by atoms with Gasteiger partial charge < -0.3 is 35.0 Å². The molecule has 0 saturated carbocycles. The fraction of sp³-hybridized carbons (Fsp3) is 0.548. The zero-order valence-electron chi connectivity index (χ0n) is 27.8. The van der Waals surface area contributed by atoms with E-state index in [4.69, 9.17) is 13.9 Å². The minimum atomic E-state index is -2.46. The molecular formula is C31H45N7O7Si. The molecule has 0 unspecified atom stereocenters. The van der Waals surface area contributed by atoms with Crippen molar-refractivity contribution in [3.8, 4) is 0 Å². The number of hydrogen-bond acceptors (Lipinski definition) is 10. The van der Waals surface area contributed by atoms with Crippen molar-refractivity contribution >= 4 is 43.2 Å². The Bertz CT molecular complexity index is 1550. The van der Waals surface area contributed by atoms with Gasteiger partial charge in [-0.25, -0.2) is 19.7 Å². The summed E-state index contributed by atoms with van der Waals surface area (Å²) in [6.07, 6.45) is -0.460. The Labute approximate surface area is 269 Å². The van der Waals surface area contributed by atoms with Gasteiger partial charge in [0, 0.05) is 5.56 Å². The summed E-state index contributed by atoms with van der Waals surface area (Å²) in [5, 5.41) is 18.6. The summed E-state index contributed by atoms with van der Waals surface area (Å²) in [5.41, 5.74) is 0.327. The minimum Gasteiger partial charge on any atom is -0.444 e. The lowest BCUT2D eigenvalue weighted by atomic mass is 10.1. The Morgan fingerprint density at radius 3 is 2.35 bits per heavy atom. The van der Waals surface area contributed by atoms with Crippen molar-refractivity contribution in [2.75, 3.05) is 11.9 Å². The van der Waals surface area contributed by atoms with Crippen molar-refractivity contribution in [2.45, 2.75) is 103 Å². The number of imidazole rings is 1. The van der Waals surface area contributed by atoms with Gasteiger partial charge in [0.15, 0.2) is 31.5 Å². The van der Waals surface area contributed by atoms with Gasteiger partial charge in [0.25, 0.3) is 5.91 Å². The molecule has 1 aliphatic heterocycles. The number of benzene rings is 1. The van der Waals surface area contributed by atoms with Crippen molar-refractivity contribution in [1.82, 2.24) is 30.2 Å². The molecule has 14 nitrogen and oxygen atoms in total. The van der Waals surface area contributed by atoms with Crippen LogP contribution in [0.25, 0.3) is 11.2 Å². The normalized spacial score (nSPS) is 21.1. The van der Waals surface area contributed by atoms with E-state index >= 15 is 0 Å². The lowest BCUT2D eigenvalue weighted by molar-refractivity contribution is -0.124. The van der Waals surface area contributed by atoms with Gasteiger partial charge in [-0.1, -0.05) is 39.0 Å². The molecule has 250 valence electrons. The van der Waals surface area contributed by atoms with Gasteiger partial charge in [0.1, 0.15) is 30.1 Å². The number of aliphatic hydroxyl groups is 1. The quantitative estimate of drug-likeness (QED) is 0.248. The van der Waals surface area contributed by atoms with Gasteiger partial charge in [0.2, 0.25) is 5.91 Å². The molecule has 3 aromatic rings. The van der Waals surface area contributed by atoms with E-state index in [1.165, 1.54) is 12.7 Å². The van der Waals surface area contributed by atoms with Crippen LogP contribution in [0.4, 0.5) is 10.6 Å². The smallest absolute Gasteiger partial charge is 0.408 e. The lowest BCUT2D eigenvalue weighted by Crippen LogP contribution is -2.57. The molecule has 1 aromatic carbocycles. The van der Waals surface area contributed by atoms with E-state index in [0.717, 1.165) is 0 Å². The van der Waals surface area contributed by atoms with Crippen LogP contribution in [0, 0.1) is 0 Å². The molecule has 1 aliphatic rings. The van der Waals surface area contributed by atoms with Crippen LogP contribution in [-0.4, -0.2) is 87.4 Å². The van der Waals surface area contributed by atoms with Crippen molar-refractivity contribution in [3.05, 3.63) is 48.5 Å². The Balaban J connectivity index is 1.69. The second-order valence-electron chi connectivity index (χ2n) is 13.9. The monoisotopic (exact) mass is 655 g/mol. The summed E-state index contributed by atoms with van der Waals surface area (Å²) in [6.45, 7) is 16.8. The fourth-order valence-corrected chi connectivity index (χ4v) is 6.01. The maximum absolute atomic E-state index is 13.6. The molecule has 4 N–H and O–H groups in total. The molecular weight excluding hydrogens is 610 g/mol. The number of aliphatic hydroxyl groups excluding tert-OH is 1. The maximum atomic E-state index is 13.6. The van der Waals surface area contributed by atoms with Crippen molar-refractivity contribution in [1.29, 1.82) is 0 Å². The number of nitrogens with one attached hydrogen (secondary N) is 3. The van der Waals surface area contributed by atoms with Crippen LogP contribution >= 0.6 is 0 Å². The van der Waals surface area contributed by atoms with Crippen LogP contribution in [0.3, 0.4) is 0 Å². The summed E-state index contributed by atoms with van der Waals surface area (Å²) in [6, 6.07) is 6.89. The van der Waals surface area contributed by atoms with Crippen LogP contribution in [0.2, 0.25) is 18.1 Å². The van der Waals surface area contributed by atoms with Crippen molar-refractivity contribution in [3.63, 3.8) is 0 Å². The minimum absolute atomic E-state index is 0.188. The SMILES string of the molecule is C[C@H](NC(=O)OC(C)(C)C)C(=O)N[C@@H]1[C@H](O[Si](C)(C)C(C)(C)C)[C@@H](CO)O[C@H]1n1cnc2c(NC(=O)c3ccccc3)ncnc21. The maximum Gasteiger partial charge on any atom is 0.408 e. The zero-order chi connectivity index (χ0) is 34.0. The zero-order valence-corrected chi connectivity index (χ0v) is 28.8. The average molecular weight is 656 g/mol. The first-order chi connectivity index (χ1) is 21.4. The number of anilines is 1. The number of ether oxygens (including phenoxy) is 2. The molecule has 2 aromatic heterocycles. The second kappa shape index (κ2) is 13.4. The number of carbonyl (C=O) groups is 3. The van der Waals surface area contributed by atoms with Gasteiger partial charge >= 0.3 is 6.09 Å². The number of fused-ring (bicyclic) bond motifs is 1. The van der Waals surface area contributed by atoms with E-state index in [9.17, 15) is 19.5 Å².